The maximum absolute atomic E-state index is 11.7. The smallest absolute Gasteiger partial charge is 0.257 e. The third kappa shape index (κ3) is 2.07. The Labute approximate surface area is 96.2 Å². The lowest BCUT2D eigenvalue weighted by molar-refractivity contribution is 0.102. The minimum atomic E-state index is -0.257. The van der Waals surface area contributed by atoms with Gasteiger partial charge in [0, 0.05) is 12.4 Å². The SMILES string of the molecule is N#Cc1ccsc1NC(=O)c1cccnc1. The van der Waals surface area contributed by atoms with Gasteiger partial charge in [0.25, 0.3) is 5.91 Å². The van der Waals surface area contributed by atoms with Crippen LogP contribution < -0.4 is 5.32 Å². The van der Waals surface area contributed by atoms with E-state index in [0.717, 1.165) is 0 Å². The van der Waals surface area contributed by atoms with Crippen LogP contribution in [-0.4, -0.2) is 10.9 Å². The van der Waals surface area contributed by atoms with Gasteiger partial charge in [0.05, 0.1) is 11.1 Å². The van der Waals surface area contributed by atoms with Crippen molar-refractivity contribution in [2.75, 3.05) is 5.32 Å². The van der Waals surface area contributed by atoms with E-state index >= 15 is 0 Å². The fourth-order valence-electron chi connectivity index (χ4n) is 1.17. The molecule has 0 saturated heterocycles. The number of aromatic nitrogens is 1. The molecule has 2 rings (SSSR count). The van der Waals surface area contributed by atoms with E-state index in [1.54, 1.807) is 29.8 Å². The zero-order chi connectivity index (χ0) is 11.4. The van der Waals surface area contributed by atoms with E-state index in [-0.39, 0.29) is 5.91 Å². The summed E-state index contributed by atoms with van der Waals surface area (Å²) in [5, 5.41) is 13.8. The molecule has 2 aromatic rings. The molecule has 2 aromatic heterocycles. The lowest BCUT2D eigenvalue weighted by Crippen LogP contribution is -2.11. The molecular formula is C11H7N3OS. The van der Waals surface area contributed by atoms with Gasteiger partial charge in [-0.1, -0.05) is 0 Å². The summed E-state index contributed by atoms with van der Waals surface area (Å²) in [6.45, 7) is 0. The fraction of sp³-hybridized carbons (Fsp3) is 0. The van der Waals surface area contributed by atoms with E-state index in [9.17, 15) is 4.79 Å². The highest BCUT2D eigenvalue weighted by Gasteiger charge is 2.09. The first-order valence-electron chi connectivity index (χ1n) is 4.50. The van der Waals surface area contributed by atoms with E-state index in [2.05, 4.69) is 10.3 Å². The molecule has 0 spiro atoms. The Morgan fingerprint density at radius 2 is 2.38 bits per heavy atom. The quantitative estimate of drug-likeness (QED) is 0.859. The Hall–Kier alpha value is -2.19. The second-order valence-electron chi connectivity index (χ2n) is 2.97. The van der Waals surface area contributed by atoms with Crippen LogP contribution >= 0.6 is 11.3 Å². The predicted molar refractivity (Wildman–Crippen MR) is 61.2 cm³/mol. The minimum Gasteiger partial charge on any atom is -0.312 e. The number of carbonyl (C=O) groups is 1. The molecule has 1 amide bonds. The maximum atomic E-state index is 11.7. The summed E-state index contributed by atoms with van der Waals surface area (Å²) < 4.78 is 0. The van der Waals surface area contributed by atoms with E-state index in [4.69, 9.17) is 5.26 Å². The number of hydrogen-bond acceptors (Lipinski definition) is 4. The summed E-state index contributed by atoms with van der Waals surface area (Å²) in [5.74, 6) is -0.257. The van der Waals surface area contributed by atoms with Crippen molar-refractivity contribution in [2.24, 2.45) is 0 Å². The first-order chi connectivity index (χ1) is 7.81. The van der Waals surface area contributed by atoms with Crippen molar-refractivity contribution in [1.29, 1.82) is 5.26 Å². The molecule has 5 heteroatoms. The molecule has 2 heterocycles. The summed E-state index contributed by atoms with van der Waals surface area (Å²) in [6.07, 6.45) is 3.08. The molecule has 0 radical (unpaired) electrons. The molecule has 16 heavy (non-hydrogen) atoms. The average Bonchev–Trinajstić information content (AvgIpc) is 2.77. The summed E-state index contributed by atoms with van der Waals surface area (Å²) in [5.41, 5.74) is 0.946. The fourth-order valence-corrected chi connectivity index (χ4v) is 1.90. The van der Waals surface area contributed by atoms with E-state index < -0.39 is 0 Å². The molecule has 0 saturated carbocycles. The van der Waals surface area contributed by atoms with Crippen LogP contribution in [0.4, 0.5) is 5.00 Å². The number of nitriles is 1. The first-order valence-corrected chi connectivity index (χ1v) is 5.38. The minimum absolute atomic E-state index is 0.257. The number of amides is 1. The molecule has 0 fully saturated rings. The number of hydrogen-bond donors (Lipinski definition) is 1. The van der Waals surface area contributed by atoms with E-state index in [1.807, 2.05) is 6.07 Å². The number of thiophene rings is 1. The number of nitrogens with one attached hydrogen (secondary N) is 1. The van der Waals surface area contributed by atoms with Crippen molar-refractivity contribution in [1.82, 2.24) is 4.98 Å². The third-order valence-electron chi connectivity index (χ3n) is 1.94. The van der Waals surface area contributed by atoms with Crippen molar-refractivity contribution in [3.63, 3.8) is 0 Å². The molecule has 0 aliphatic rings. The molecule has 1 N–H and O–H groups in total. The van der Waals surface area contributed by atoms with Gasteiger partial charge in [-0.25, -0.2) is 0 Å². The molecule has 0 unspecified atom stereocenters. The lowest BCUT2D eigenvalue weighted by Gasteiger charge is -2.01. The van der Waals surface area contributed by atoms with Gasteiger partial charge < -0.3 is 5.32 Å². The van der Waals surface area contributed by atoms with Crippen LogP contribution in [0.25, 0.3) is 0 Å². The molecule has 0 atom stereocenters. The van der Waals surface area contributed by atoms with Crippen molar-refractivity contribution in [2.45, 2.75) is 0 Å². The Morgan fingerprint density at radius 3 is 3.06 bits per heavy atom. The number of anilines is 1. The molecule has 78 valence electrons. The van der Waals surface area contributed by atoms with Crippen molar-refractivity contribution < 1.29 is 4.79 Å². The van der Waals surface area contributed by atoms with Gasteiger partial charge in [0.15, 0.2) is 0 Å². The van der Waals surface area contributed by atoms with Gasteiger partial charge in [-0.15, -0.1) is 11.3 Å². The van der Waals surface area contributed by atoms with Crippen LogP contribution in [-0.2, 0) is 0 Å². The van der Waals surface area contributed by atoms with Crippen LogP contribution in [0, 0.1) is 11.3 Å². The summed E-state index contributed by atoms with van der Waals surface area (Å²) in [7, 11) is 0. The normalized spacial score (nSPS) is 9.44. The van der Waals surface area contributed by atoms with Crippen LogP contribution in [0.5, 0.6) is 0 Å². The summed E-state index contributed by atoms with van der Waals surface area (Å²) in [4.78, 5) is 15.6. The Morgan fingerprint density at radius 1 is 1.50 bits per heavy atom. The highest BCUT2D eigenvalue weighted by Crippen LogP contribution is 2.22. The molecule has 0 aliphatic carbocycles. The van der Waals surface area contributed by atoms with Crippen molar-refractivity contribution in [3.8, 4) is 6.07 Å². The molecular weight excluding hydrogens is 222 g/mol. The Kier molecular flexibility index (Phi) is 2.94. The number of rotatable bonds is 2. The topological polar surface area (TPSA) is 65.8 Å². The average molecular weight is 229 g/mol. The lowest BCUT2D eigenvalue weighted by atomic mass is 10.2. The zero-order valence-corrected chi connectivity index (χ0v) is 8.99. The van der Waals surface area contributed by atoms with E-state index in [1.165, 1.54) is 17.5 Å². The monoisotopic (exact) mass is 229 g/mol. The largest absolute Gasteiger partial charge is 0.312 e. The van der Waals surface area contributed by atoms with Crippen LogP contribution in [0.1, 0.15) is 15.9 Å². The van der Waals surface area contributed by atoms with Crippen molar-refractivity contribution >= 4 is 22.2 Å². The van der Waals surface area contributed by atoms with Gasteiger partial charge >= 0.3 is 0 Å². The molecule has 0 aromatic carbocycles. The first kappa shape index (κ1) is 10.3. The summed E-state index contributed by atoms with van der Waals surface area (Å²) >= 11 is 1.32. The second-order valence-corrected chi connectivity index (χ2v) is 3.89. The Balaban J connectivity index is 2.18. The predicted octanol–water partition coefficient (Wildman–Crippen LogP) is 2.27. The Bertz CT molecular complexity index is 542. The van der Waals surface area contributed by atoms with Crippen LogP contribution in [0.15, 0.2) is 36.0 Å². The maximum Gasteiger partial charge on any atom is 0.257 e. The third-order valence-corrected chi connectivity index (χ3v) is 2.77. The molecule has 0 aliphatic heterocycles. The van der Waals surface area contributed by atoms with Crippen LogP contribution in [0.3, 0.4) is 0 Å². The summed E-state index contributed by atoms with van der Waals surface area (Å²) in [6, 6.07) is 7.04. The standard InChI is InChI=1S/C11H7N3OS/c12-6-8-3-5-16-11(8)14-10(15)9-2-1-4-13-7-9/h1-5,7H,(H,14,15). The van der Waals surface area contributed by atoms with Gasteiger partial charge in [-0.3, -0.25) is 9.78 Å². The molecule has 0 bridgehead atoms. The number of nitrogens with zero attached hydrogens (tertiary/aromatic N) is 2. The van der Waals surface area contributed by atoms with Crippen molar-refractivity contribution in [3.05, 3.63) is 47.1 Å². The van der Waals surface area contributed by atoms with Crippen LogP contribution in [0.2, 0.25) is 0 Å². The van der Waals surface area contributed by atoms with Gasteiger partial charge in [-0.2, -0.15) is 5.26 Å². The number of pyridine rings is 1. The van der Waals surface area contributed by atoms with Gasteiger partial charge in [-0.05, 0) is 23.6 Å². The van der Waals surface area contributed by atoms with E-state index in [0.29, 0.717) is 16.1 Å². The molecule has 4 nitrogen and oxygen atoms in total. The zero-order valence-electron chi connectivity index (χ0n) is 8.18. The van der Waals surface area contributed by atoms with Gasteiger partial charge in [0.2, 0.25) is 0 Å². The highest BCUT2D eigenvalue weighted by atomic mass is 32.1. The van der Waals surface area contributed by atoms with Gasteiger partial charge in [0.1, 0.15) is 11.1 Å². The second kappa shape index (κ2) is 4.55. The number of carbonyl (C=O) groups excluding carboxylic acids is 1. The highest BCUT2D eigenvalue weighted by molar-refractivity contribution is 7.14.